The van der Waals surface area contributed by atoms with Crippen LogP contribution in [0.4, 0.5) is 0 Å². The lowest BCUT2D eigenvalue weighted by Crippen LogP contribution is -2.41. The van der Waals surface area contributed by atoms with Gasteiger partial charge in [0.05, 0.1) is 26.3 Å². The predicted molar refractivity (Wildman–Crippen MR) is 138 cm³/mol. The molecule has 1 aliphatic carbocycles. The third-order valence-corrected chi connectivity index (χ3v) is 6.99. The minimum atomic E-state index is -0.559. The molecule has 1 N–H and O–H groups in total. The van der Waals surface area contributed by atoms with Crippen molar-refractivity contribution < 1.29 is 19.1 Å². The molecule has 8 nitrogen and oxygen atoms in total. The number of benzene rings is 1. The lowest BCUT2D eigenvalue weighted by molar-refractivity contribution is 0.0709. The molecule has 0 spiro atoms. The Bertz CT molecular complexity index is 1180. The number of carbonyl (C=O) groups is 2. The van der Waals surface area contributed by atoms with Gasteiger partial charge in [-0.05, 0) is 44.6 Å². The van der Waals surface area contributed by atoms with Gasteiger partial charge in [-0.3, -0.25) is 14.4 Å². The summed E-state index contributed by atoms with van der Waals surface area (Å²) in [5.74, 6) is -0.186. The molecule has 1 aromatic heterocycles. The van der Waals surface area contributed by atoms with Crippen LogP contribution in [0.15, 0.2) is 53.1 Å². The number of nitrogens with one attached hydrogen (secondary N) is 1. The molecule has 0 saturated carbocycles. The fourth-order valence-corrected chi connectivity index (χ4v) is 4.81. The number of methoxy groups -OCH3 is 1. The molecule has 1 saturated heterocycles. The molecule has 8 heteroatoms. The summed E-state index contributed by atoms with van der Waals surface area (Å²) in [6, 6.07) is 7.44. The average molecular weight is 494 g/mol. The highest BCUT2D eigenvalue weighted by atomic mass is 16.5. The highest BCUT2D eigenvalue weighted by Gasteiger charge is 2.28. The zero-order valence-corrected chi connectivity index (χ0v) is 21.1. The van der Waals surface area contributed by atoms with E-state index in [4.69, 9.17) is 9.47 Å². The van der Waals surface area contributed by atoms with E-state index in [1.807, 2.05) is 24.3 Å². The van der Waals surface area contributed by atoms with Gasteiger partial charge in [-0.1, -0.05) is 29.8 Å². The predicted octanol–water partition coefficient (Wildman–Crippen LogP) is 3.39. The second kappa shape index (κ2) is 12.0. The molecule has 1 atom stereocenters. The van der Waals surface area contributed by atoms with Crippen molar-refractivity contribution in [1.29, 1.82) is 0 Å². The molecule has 1 fully saturated rings. The van der Waals surface area contributed by atoms with Gasteiger partial charge in [-0.2, -0.15) is 0 Å². The summed E-state index contributed by atoms with van der Waals surface area (Å²) in [6.45, 7) is 1.81. The summed E-state index contributed by atoms with van der Waals surface area (Å²) in [5, 5.41) is 2.89. The molecule has 1 unspecified atom stereocenters. The van der Waals surface area contributed by atoms with E-state index in [1.54, 1.807) is 23.6 Å². The minimum absolute atomic E-state index is 0.0260. The van der Waals surface area contributed by atoms with E-state index in [-0.39, 0.29) is 17.2 Å². The highest BCUT2D eigenvalue weighted by Crippen LogP contribution is 2.21. The second-order valence-corrected chi connectivity index (χ2v) is 9.45. The van der Waals surface area contributed by atoms with Crippen LogP contribution in [0.5, 0.6) is 5.75 Å². The number of rotatable bonds is 9. The first kappa shape index (κ1) is 25.7. The lowest BCUT2D eigenvalue weighted by Gasteiger charge is -2.23. The molecule has 2 aliphatic rings. The van der Waals surface area contributed by atoms with E-state index in [1.165, 1.54) is 30.8 Å². The van der Waals surface area contributed by atoms with Gasteiger partial charge in [-0.15, -0.1) is 0 Å². The summed E-state index contributed by atoms with van der Waals surface area (Å²) in [6.07, 6.45) is 11.3. The number of allylic oxidation sites excluding steroid dienone is 1. The van der Waals surface area contributed by atoms with Crippen LogP contribution >= 0.6 is 0 Å². The summed E-state index contributed by atoms with van der Waals surface area (Å²) in [4.78, 5) is 41.4. The zero-order valence-electron chi connectivity index (χ0n) is 21.1. The van der Waals surface area contributed by atoms with Crippen LogP contribution in [0, 0.1) is 0 Å². The Morgan fingerprint density at radius 1 is 1.19 bits per heavy atom. The zero-order chi connectivity index (χ0) is 25.5. The molecule has 0 radical (unpaired) electrons. The van der Waals surface area contributed by atoms with Crippen molar-refractivity contribution in [3.63, 3.8) is 0 Å². The Labute approximate surface area is 211 Å². The Hall–Kier alpha value is -3.39. The van der Waals surface area contributed by atoms with E-state index in [9.17, 15) is 14.4 Å². The summed E-state index contributed by atoms with van der Waals surface area (Å²) in [5.41, 5.74) is 1.59. The Kier molecular flexibility index (Phi) is 8.59. The lowest BCUT2D eigenvalue weighted by atomic mass is 9.97. The monoisotopic (exact) mass is 493 g/mol. The van der Waals surface area contributed by atoms with E-state index < -0.39 is 17.2 Å². The quantitative estimate of drug-likeness (QED) is 0.541. The Morgan fingerprint density at radius 2 is 2.00 bits per heavy atom. The Morgan fingerprint density at radius 3 is 2.72 bits per heavy atom. The van der Waals surface area contributed by atoms with E-state index in [0.717, 1.165) is 24.8 Å². The molecule has 2 amide bonds. The van der Waals surface area contributed by atoms with Gasteiger partial charge in [0.25, 0.3) is 11.8 Å². The fraction of sp³-hybridized carbons (Fsp3) is 0.464. The molecule has 4 rings (SSSR count). The van der Waals surface area contributed by atoms with Crippen LogP contribution < -0.4 is 15.5 Å². The SMILES string of the molecule is COc1ccccc1Cn1cc(C(=O)NCCC2=CCCCC2)c(=O)c(C(=O)N(C)C2CCOC2)c1. The third kappa shape index (κ3) is 6.05. The van der Waals surface area contributed by atoms with Crippen molar-refractivity contribution in [1.82, 2.24) is 14.8 Å². The number of hydrogen-bond donors (Lipinski definition) is 1. The van der Waals surface area contributed by atoms with E-state index >= 15 is 0 Å². The second-order valence-electron chi connectivity index (χ2n) is 9.45. The van der Waals surface area contributed by atoms with Gasteiger partial charge in [0, 0.05) is 38.2 Å². The van der Waals surface area contributed by atoms with Gasteiger partial charge < -0.3 is 24.3 Å². The molecule has 1 aromatic carbocycles. The van der Waals surface area contributed by atoms with E-state index in [2.05, 4.69) is 11.4 Å². The van der Waals surface area contributed by atoms with Crippen LogP contribution in [-0.4, -0.2) is 61.2 Å². The number of carbonyl (C=O) groups excluding carboxylic acids is 2. The third-order valence-electron chi connectivity index (χ3n) is 6.99. The van der Waals surface area contributed by atoms with Crippen LogP contribution in [0.1, 0.15) is 64.8 Å². The Balaban J connectivity index is 1.61. The van der Waals surface area contributed by atoms with Gasteiger partial charge in [0.2, 0.25) is 5.43 Å². The molecule has 36 heavy (non-hydrogen) atoms. The van der Waals surface area contributed by atoms with Crippen molar-refractivity contribution in [2.45, 2.75) is 51.1 Å². The molecule has 0 bridgehead atoms. The number of aromatic nitrogens is 1. The van der Waals surface area contributed by atoms with Gasteiger partial charge in [-0.25, -0.2) is 0 Å². The van der Waals surface area contributed by atoms with Crippen molar-refractivity contribution in [3.8, 4) is 5.75 Å². The van der Waals surface area contributed by atoms with Gasteiger partial charge in [0.1, 0.15) is 16.9 Å². The van der Waals surface area contributed by atoms with Crippen molar-refractivity contribution in [2.75, 3.05) is 33.9 Å². The van der Waals surface area contributed by atoms with Gasteiger partial charge in [0.15, 0.2) is 0 Å². The normalized spacial score (nSPS) is 17.4. The van der Waals surface area contributed by atoms with Crippen LogP contribution in [0.3, 0.4) is 0 Å². The fourth-order valence-electron chi connectivity index (χ4n) is 4.81. The number of para-hydroxylation sites is 1. The van der Waals surface area contributed by atoms with Crippen molar-refractivity contribution >= 4 is 11.8 Å². The van der Waals surface area contributed by atoms with Gasteiger partial charge >= 0.3 is 0 Å². The highest BCUT2D eigenvalue weighted by molar-refractivity contribution is 5.99. The average Bonchev–Trinajstić information content (AvgIpc) is 3.45. The smallest absolute Gasteiger partial charge is 0.259 e. The molecule has 192 valence electrons. The summed E-state index contributed by atoms with van der Waals surface area (Å²) >= 11 is 0. The molecule has 2 aromatic rings. The number of likely N-dealkylation sites (N-methyl/N-ethyl adjacent to an activating group) is 1. The van der Waals surface area contributed by atoms with Crippen molar-refractivity contribution in [2.24, 2.45) is 0 Å². The molecular formula is C28H35N3O5. The summed E-state index contributed by atoms with van der Waals surface area (Å²) in [7, 11) is 3.27. The number of pyridine rings is 1. The maximum absolute atomic E-state index is 13.4. The molecular weight excluding hydrogens is 458 g/mol. The minimum Gasteiger partial charge on any atom is -0.496 e. The van der Waals surface area contributed by atoms with Crippen LogP contribution in [-0.2, 0) is 11.3 Å². The maximum Gasteiger partial charge on any atom is 0.259 e. The first-order valence-electron chi connectivity index (χ1n) is 12.6. The standard InChI is InChI=1S/C28H35N3O5/c1-30(22-13-15-36-19-22)28(34)24-18-31(16-21-10-6-7-11-25(21)35-2)17-23(26(24)32)27(33)29-14-12-20-8-4-3-5-9-20/h6-8,10-11,17-18,22H,3-5,9,12-16,19H2,1-2H3,(H,29,33). The largest absolute Gasteiger partial charge is 0.496 e. The van der Waals surface area contributed by atoms with Crippen LogP contribution in [0.2, 0.25) is 0 Å². The number of hydrogen-bond acceptors (Lipinski definition) is 5. The van der Waals surface area contributed by atoms with Crippen molar-refractivity contribution in [3.05, 3.63) is 75.2 Å². The first-order chi connectivity index (χ1) is 17.5. The molecule has 1 aliphatic heterocycles. The number of nitrogens with zero attached hydrogens (tertiary/aromatic N) is 2. The maximum atomic E-state index is 13.4. The topological polar surface area (TPSA) is 89.9 Å². The van der Waals surface area contributed by atoms with Crippen LogP contribution in [0.25, 0.3) is 0 Å². The number of ether oxygens (including phenoxy) is 2. The number of amides is 2. The summed E-state index contributed by atoms with van der Waals surface area (Å²) < 4.78 is 12.6. The first-order valence-corrected chi connectivity index (χ1v) is 12.6. The van der Waals surface area contributed by atoms with E-state index in [0.29, 0.717) is 38.5 Å². The molecule has 2 heterocycles.